The van der Waals surface area contributed by atoms with Crippen LogP contribution in [0.2, 0.25) is 0 Å². The summed E-state index contributed by atoms with van der Waals surface area (Å²) in [6.07, 6.45) is 0. The molecule has 59 heavy (non-hydrogen) atoms. The van der Waals surface area contributed by atoms with Crippen molar-refractivity contribution in [2.45, 2.75) is 0 Å². The molecule has 276 valence electrons. The summed E-state index contributed by atoms with van der Waals surface area (Å²) in [7, 11) is 0. The van der Waals surface area contributed by atoms with Crippen LogP contribution in [0.5, 0.6) is 0 Å². The number of hydrogen-bond acceptors (Lipinski definition) is 3. The van der Waals surface area contributed by atoms with E-state index < -0.39 is 0 Å². The van der Waals surface area contributed by atoms with E-state index in [0.29, 0.717) is 17.5 Å². The topological polar surface area (TPSA) is 43.6 Å². The van der Waals surface area contributed by atoms with Crippen molar-refractivity contribution in [3.63, 3.8) is 0 Å². The number of para-hydroxylation sites is 2. The lowest BCUT2D eigenvalue weighted by Crippen LogP contribution is -2.04. The van der Waals surface area contributed by atoms with Gasteiger partial charge in [0, 0.05) is 27.5 Å². The highest BCUT2D eigenvalue weighted by molar-refractivity contribution is 6.09. The molecule has 0 saturated heterocycles. The molecule has 4 heteroatoms. The molecule has 0 bridgehead atoms. The SMILES string of the molecule is c1ccc(-c2cccc(-c3nc(-c4ccc(-c5ccc6ccccc6c5)cc4)nc(-c4ccc(-c5ccccc5)cc4-n4c5ccccc5c5ccccc54)n3)c2)cc1. The lowest BCUT2D eigenvalue weighted by molar-refractivity contribution is 1.06. The van der Waals surface area contributed by atoms with Gasteiger partial charge in [-0.05, 0) is 80.6 Å². The van der Waals surface area contributed by atoms with E-state index in [0.717, 1.165) is 61.2 Å². The van der Waals surface area contributed by atoms with Gasteiger partial charge in [-0.2, -0.15) is 0 Å². The van der Waals surface area contributed by atoms with E-state index in [2.05, 4.69) is 217 Å². The normalized spacial score (nSPS) is 11.4. The van der Waals surface area contributed by atoms with Crippen LogP contribution in [0, 0.1) is 0 Å². The molecule has 4 nitrogen and oxygen atoms in total. The Kier molecular flexibility index (Phi) is 8.45. The van der Waals surface area contributed by atoms with Gasteiger partial charge in [0.1, 0.15) is 0 Å². The van der Waals surface area contributed by atoms with Gasteiger partial charge in [-0.1, -0.05) is 182 Å². The Balaban J connectivity index is 1.13. The van der Waals surface area contributed by atoms with E-state index in [1.54, 1.807) is 0 Å². The largest absolute Gasteiger partial charge is 0.308 e. The van der Waals surface area contributed by atoms with Crippen molar-refractivity contribution in [1.82, 2.24) is 19.5 Å². The second-order valence-corrected chi connectivity index (χ2v) is 14.9. The standard InChI is InChI=1S/C55H36N4/c1-3-14-37(15-4-1)43-20-13-21-46(35-43)54-56-53(41-29-26-40(27-30-41)44-31-28-39-18-7-8-19-42(39)34-44)57-55(58-54)49-33-32-45(38-16-5-2-6-17-38)36-52(49)59-50-24-11-9-22-47(50)48-23-10-12-25-51(48)59/h1-36H. The maximum absolute atomic E-state index is 5.33. The van der Waals surface area contributed by atoms with Crippen LogP contribution in [-0.2, 0) is 0 Å². The maximum atomic E-state index is 5.33. The van der Waals surface area contributed by atoms with Crippen LogP contribution in [-0.4, -0.2) is 19.5 Å². The summed E-state index contributed by atoms with van der Waals surface area (Å²) in [5.74, 6) is 1.83. The molecule has 0 radical (unpaired) electrons. The zero-order chi connectivity index (χ0) is 39.1. The van der Waals surface area contributed by atoms with Crippen molar-refractivity contribution in [3.8, 4) is 73.2 Å². The molecule has 0 unspecified atom stereocenters. The zero-order valence-corrected chi connectivity index (χ0v) is 32.1. The summed E-state index contributed by atoms with van der Waals surface area (Å²) in [4.78, 5) is 15.9. The molecule has 11 rings (SSSR count). The first kappa shape index (κ1) is 34.3. The van der Waals surface area contributed by atoms with E-state index >= 15 is 0 Å². The number of fused-ring (bicyclic) bond motifs is 4. The Bertz CT molecular complexity index is 3260. The van der Waals surface area contributed by atoms with Crippen LogP contribution in [0.1, 0.15) is 0 Å². The molecular formula is C55H36N4. The van der Waals surface area contributed by atoms with Crippen molar-refractivity contribution in [2.24, 2.45) is 0 Å². The Hall–Kier alpha value is -7.95. The Labute approximate surface area is 342 Å². The minimum atomic E-state index is 0.602. The summed E-state index contributed by atoms with van der Waals surface area (Å²) >= 11 is 0. The van der Waals surface area contributed by atoms with Gasteiger partial charge in [-0.25, -0.2) is 15.0 Å². The fraction of sp³-hybridized carbons (Fsp3) is 0. The summed E-state index contributed by atoms with van der Waals surface area (Å²) in [5.41, 5.74) is 12.8. The first-order valence-electron chi connectivity index (χ1n) is 19.9. The zero-order valence-electron chi connectivity index (χ0n) is 32.1. The van der Waals surface area contributed by atoms with Gasteiger partial charge in [0.25, 0.3) is 0 Å². The summed E-state index contributed by atoms with van der Waals surface area (Å²) in [6, 6.07) is 77.0. The Morgan fingerprint density at radius 3 is 1.42 bits per heavy atom. The van der Waals surface area contributed by atoms with Crippen molar-refractivity contribution in [1.29, 1.82) is 0 Å². The summed E-state index contributed by atoms with van der Waals surface area (Å²) in [5, 5.41) is 4.84. The molecule has 0 aliphatic rings. The third-order valence-electron chi connectivity index (χ3n) is 11.3. The minimum absolute atomic E-state index is 0.602. The fourth-order valence-electron chi connectivity index (χ4n) is 8.30. The first-order chi connectivity index (χ1) is 29.2. The molecule has 0 aliphatic heterocycles. The molecule has 0 amide bonds. The predicted octanol–water partition coefficient (Wildman–Crippen LogP) is 14.1. The minimum Gasteiger partial charge on any atom is -0.308 e. The van der Waals surface area contributed by atoms with Gasteiger partial charge in [0.2, 0.25) is 0 Å². The van der Waals surface area contributed by atoms with Gasteiger partial charge in [0.15, 0.2) is 17.5 Å². The van der Waals surface area contributed by atoms with Gasteiger partial charge in [-0.15, -0.1) is 0 Å². The highest BCUT2D eigenvalue weighted by atomic mass is 15.1. The lowest BCUT2D eigenvalue weighted by Gasteiger charge is -2.16. The fourth-order valence-corrected chi connectivity index (χ4v) is 8.30. The quantitative estimate of drug-likeness (QED) is 0.163. The number of rotatable bonds is 7. The van der Waals surface area contributed by atoms with Gasteiger partial charge in [0.05, 0.1) is 16.7 Å². The Morgan fingerprint density at radius 1 is 0.271 bits per heavy atom. The molecule has 2 heterocycles. The maximum Gasteiger partial charge on any atom is 0.166 e. The van der Waals surface area contributed by atoms with Crippen LogP contribution in [0.15, 0.2) is 218 Å². The second kappa shape index (κ2) is 14.5. The predicted molar refractivity (Wildman–Crippen MR) is 244 cm³/mol. The van der Waals surface area contributed by atoms with Crippen molar-refractivity contribution < 1.29 is 0 Å². The van der Waals surface area contributed by atoms with Crippen LogP contribution < -0.4 is 0 Å². The highest BCUT2D eigenvalue weighted by Crippen LogP contribution is 2.39. The van der Waals surface area contributed by atoms with E-state index in [1.165, 1.54) is 27.1 Å². The number of benzene rings is 9. The van der Waals surface area contributed by atoms with E-state index in [4.69, 9.17) is 15.0 Å². The van der Waals surface area contributed by atoms with Crippen LogP contribution in [0.4, 0.5) is 0 Å². The average Bonchev–Trinajstić information content (AvgIpc) is 3.66. The molecule has 2 aromatic heterocycles. The number of nitrogens with zero attached hydrogens (tertiary/aromatic N) is 4. The van der Waals surface area contributed by atoms with Gasteiger partial charge >= 0.3 is 0 Å². The Morgan fingerprint density at radius 2 is 0.729 bits per heavy atom. The molecule has 0 saturated carbocycles. The molecule has 0 atom stereocenters. The van der Waals surface area contributed by atoms with Crippen LogP contribution in [0.3, 0.4) is 0 Å². The summed E-state index contributed by atoms with van der Waals surface area (Å²) < 4.78 is 2.37. The number of hydrogen-bond donors (Lipinski definition) is 0. The second-order valence-electron chi connectivity index (χ2n) is 14.9. The molecule has 0 N–H and O–H groups in total. The smallest absolute Gasteiger partial charge is 0.166 e. The molecule has 0 fully saturated rings. The van der Waals surface area contributed by atoms with Crippen LogP contribution in [0.25, 0.3) is 106 Å². The van der Waals surface area contributed by atoms with Crippen molar-refractivity contribution >= 4 is 32.6 Å². The molecule has 0 aliphatic carbocycles. The third-order valence-corrected chi connectivity index (χ3v) is 11.3. The molecule has 11 aromatic rings. The summed E-state index contributed by atoms with van der Waals surface area (Å²) in [6.45, 7) is 0. The third kappa shape index (κ3) is 6.34. The van der Waals surface area contributed by atoms with E-state index in [9.17, 15) is 0 Å². The van der Waals surface area contributed by atoms with Gasteiger partial charge in [-0.3, -0.25) is 0 Å². The molecule has 0 spiro atoms. The lowest BCUT2D eigenvalue weighted by atomic mass is 10.00. The average molecular weight is 753 g/mol. The first-order valence-corrected chi connectivity index (χ1v) is 19.9. The van der Waals surface area contributed by atoms with E-state index in [-0.39, 0.29) is 0 Å². The van der Waals surface area contributed by atoms with E-state index in [1.807, 2.05) is 6.07 Å². The number of aromatic nitrogens is 4. The highest BCUT2D eigenvalue weighted by Gasteiger charge is 2.20. The monoisotopic (exact) mass is 752 g/mol. The van der Waals surface area contributed by atoms with Gasteiger partial charge < -0.3 is 4.57 Å². The van der Waals surface area contributed by atoms with Crippen molar-refractivity contribution in [3.05, 3.63) is 218 Å². The molecule has 9 aromatic carbocycles. The molecular weight excluding hydrogens is 717 g/mol. The van der Waals surface area contributed by atoms with Crippen LogP contribution >= 0.6 is 0 Å². The van der Waals surface area contributed by atoms with Crippen molar-refractivity contribution in [2.75, 3.05) is 0 Å².